The third kappa shape index (κ3) is 4.50. The zero-order valence-corrected chi connectivity index (χ0v) is 13.4. The highest BCUT2D eigenvalue weighted by molar-refractivity contribution is 7.07. The number of nitrogens with one attached hydrogen (secondary N) is 1. The van der Waals surface area contributed by atoms with E-state index in [-0.39, 0.29) is 11.9 Å². The fourth-order valence-corrected chi connectivity index (χ4v) is 3.08. The average Bonchev–Trinajstić information content (AvgIpc) is 3.27. The Kier molecular flexibility index (Phi) is 5.16. The van der Waals surface area contributed by atoms with E-state index >= 15 is 0 Å². The molecule has 1 amide bonds. The van der Waals surface area contributed by atoms with E-state index < -0.39 is 0 Å². The van der Waals surface area contributed by atoms with Crippen molar-refractivity contribution in [2.45, 2.75) is 25.4 Å². The third-order valence-corrected chi connectivity index (χ3v) is 4.30. The Bertz CT molecular complexity index is 710. The molecule has 0 bridgehead atoms. The molecule has 0 aliphatic rings. The number of hydrogen-bond donors (Lipinski definition) is 1. The first-order valence-electron chi connectivity index (χ1n) is 7.49. The minimum atomic E-state index is -0.0663. The summed E-state index contributed by atoms with van der Waals surface area (Å²) in [4.78, 5) is 16.4. The summed E-state index contributed by atoms with van der Waals surface area (Å²) in [5.41, 5.74) is 2.24. The topological polar surface area (TPSA) is 59.8 Å². The number of rotatable bonds is 7. The van der Waals surface area contributed by atoms with E-state index in [1.54, 1.807) is 28.4 Å². The van der Waals surface area contributed by atoms with Gasteiger partial charge >= 0.3 is 0 Å². The largest absolute Gasteiger partial charge is 0.349 e. The highest BCUT2D eigenvalue weighted by Crippen LogP contribution is 2.19. The second kappa shape index (κ2) is 7.69. The minimum absolute atomic E-state index is 0.0181. The van der Waals surface area contributed by atoms with Gasteiger partial charge in [0.15, 0.2) is 0 Å². The van der Waals surface area contributed by atoms with Crippen LogP contribution in [0.25, 0.3) is 0 Å². The van der Waals surface area contributed by atoms with Crippen LogP contribution in [-0.2, 0) is 17.8 Å². The van der Waals surface area contributed by atoms with Gasteiger partial charge in [0.2, 0.25) is 5.91 Å². The Balaban J connectivity index is 1.64. The Morgan fingerprint density at radius 2 is 2.26 bits per heavy atom. The molecule has 3 aromatic heterocycles. The molecule has 23 heavy (non-hydrogen) atoms. The molecule has 0 saturated carbocycles. The Morgan fingerprint density at radius 1 is 1.30 bits per heavy atom. The van der Waals surface area contributed by atoms with Gasteiger partial charge in [0.25, 0.3) is 0 Å². The lowest BCUT2D eigenvalue weighted by molar-refractivity contribution is -0.122. The second-order valence-electron chi connectivity index (χ2n) is 5.26. The molecule has 3 rings (SSSR count). The zero-order chi connectivity index (χ0) is 15.9. The maximum Gasteiger partial charge on any atom is 0.222 e. The molecule has 0 spiro atoms. The lowest BCUT2D eigenvalue weighted by atomic mass is 10.0. The summed E-state index contributed by atoms with van der Waals surface area (Å²) < 4.78 is 1.76. The molecule has 0 aliphatic heterocycles. The van der Waals surface area contributed by atoms with E-state index in [9.17, 15) is 4.79 Å². The molecule has 3 heterocycles. The van der Waals surface area contributed by atoms with E-state index in [1.807, 2.05) is 30.6 Å². The number of nitrogens with zero attached hydrogens (tertiary/aromatic N) is 3. The number of pyridine rings is 1. The van der Waals surface area contributed by atoms with Gasteiger partial charge in [-0.2, -0.15) is 16.4 Å². The van der Waals surface area contributed by atoms with Crippen LogP contribution in [0.5, 0.6) is 0 Å². The summed E-state index contributed by atoms with van der Waals surface area (Å²) in [5, 5.41) is 11.4. The second-order valence-corrected chi connectivity index (χ2v) is 6.04. The SMILES string of the molecule is O=C(CCn1cccn1)N[C@@H](Cc1ccsc1)c1cccnc1. The van der Waals surface area contributed by atoms with Gasteiger partial charge in [0, 0.05) is 37.8 Å². The van der Waals surface area contributed by atoms with Crippen LogP contribution in [0.15, 0.2) is 59.8 Å². The van der Waals surface area contributed by atoms with E-state index in [1.165, 1.54) is 5.56 Å². The number of aromatic nitrogens is 3. The van der Waals surface area contributed by atoms with Crippen LogP contribution in [0.3, 0.4) is 0 Å². The van der Waals surface area contributed by atoms with Gasteiger partial charge in [0.05, 0.1) is 6.04 Å². The molecule has 0 radical (unpaired) electrons. The number of thiophene rings is 1. The first kappa shape index (κ1) is 15.4. The highest BCUT2D eigenvalue weighted by atomic mass is 32.1. The molecule has 0 unspecified atom stereocenters. The summed E-state index contributed by atoms with van der Waals surface area (Å²) in [6.45, 7) is 0.580. The lowest BCUT2D eigenvalue weighted by Crippen LogP contribution is -2.30. The van der Waals surface area contributed by atoms with Gasteiger partial charge in [-0.1, -0.05) is 6.07 Å². The quantitative estimate of drug-likeness (QED) is 0.726. The Hall–Kier alpha value is -2.47. The van der Waals surface area contributed by atoms with Crippen LogP contribution in [0, 0.1) is 0 Å². The van der Waals surface area contributed by atoms with Gasteiger partial charge in [-0.3, -0.25) is 14.5 Å². The van der Waals surface area contributed by atoms with E-state index in [4.69, 9.17) is 0 Å². The van der Waals surface area contributed by atoms with E-state index in [0.29, 0.717) is 13.0 Å². The van der Waals surface area contributed by atoms with Crippen LogP contribution in [0.2, 0.25) is 0 Å². The van der Waals surface area contributed by atoms with Crippen molar-refractivity contribution in [1.29, 1.82) is 0 Å². The number of amides is 1. The van der Waals surface area contributed by atoms with Crippen molar-refractivity contribution in [3.05, 3.63) is 70.9 Å². The first-order valence-corrected chi connectivity index (χ1v) is 8.43. The number of carbonyl (C=O) groups is 1. The Morgan fingerprint density at radius 3 is 2.96 bits per heavy atom. The van der Waals surface area contributed by atoms with Crippen molar-refractivity contribution in [1.82, 2.24) is 20.1 Å². The minimum Gasteiger partial charge on any atom is -0.349 e. The Labute approximate surface area is 139 Å². The molecular formula is C17H18N4OS. The predicted octanol–water partition coefficient (Wildman–Crippen LogP) is 2.83. The smallest absolute Gasteiger partial charge is 0.222 e. The summed E-state index contributed by atoms with van der Waals surface area (Å²) in [7, 11) is 0. The molecule has 0 fully saturated rings. The van der Waals surface area contributed by atoms with Gasteiger partial charge in [0.1, 0.15) is 0 Å². The monoisotopic (exact) mass is 326 g/mol. The van der Waals surface area contributed by atoms with Gasteiger partial charge < -0.3 is 5.32 Å². The fraction of sp³-hybridized carbons (Fsp3) is 0.235. The van der Waals surface area contributed by atoms with Crippen LogP contribution >= 0.6 is 11.3 Å². The summed E-state index contributed by atoms with van der Waals surface area (Å²) in [5.74, 6) is 0.0181. The molecule has 5 nitrogen and oxygen atoms in total. The van der Waals surface area contributed by atoms with Crippen LogP contribution in [0.1, 0.15) is 23.6 Å². The van der Waals surface area contributed by atoms with Crippen molar-refractivity contribution in [2.75, 3.05) is 0 Å². The molecule has 0 aliphatic carbocycles. The summed E-state index contributed by atoms with van der Waals surface area (Å²) in [6, 6.07) is 7.77. The first-order chi connectivity index (χ1) is 11.3. The average molecular weight is 326 g/mol. The van der Waals surface area contributed by atoms with E-state index in [2.05, 4.69) is 32.2 Å². The maximum atomic E-state index is 12.3. The van der Waals surface area contributed by atoms with Crippen molar-refractivity contribution in [2.24, 2.45) is 0 Å². The van der Waals surface area contributed by atoms with Gasteiger partial charge in [-0.25, -0.2) is 0 Å². The molecule has 3 aromatic rings. The fourth-order valence-electron chi connectivity index (χ4n) is 2.39. The van der Waals surface area contributed by atoms with Crippen LogP contribution in [0.4, 0.5) is 0 Å². The number of carbonyl (C=O) groups excluding carboxylic acids is 1. The molecule has 118 valence electrons. The molecule has 0 aromatic carbocycles. The molecular weight excluding hydrogens is 308 g/mol. The van der Waals surface area contributed by atoms with Gasteiger partial charge in [-0.15, -0.1) is 0 Å². The van der Waals surface area contributed by atoms with Crippen molar-refractivity contribution in [3.8, 4) is 0 Å². The third-order valence-electron chi connectivity index (χ3n) is 3.57. The number of aryl methyl sites for hydroxylation is 1. The van der Waals surface area contributed by atoms with E-state index in [0.717, 1.165) is 12.0 Å². The lowest BCUT2D eigenvalue weighted by Gasteiger charge is -2.18. The molecule has 1 atom stereocenters. The standard InChI is InChI=1S/C17H18N4OS/c22-17(4-9-21-8-2-7-19-21)20-16(11-14-5-10-23-13-14)15-3-1-6-18-12-15/h1-3,5-8,10,12-13,16H,4,9,11H2,(H,20,22)/t16-/m0/s1. The molecule has 1 N–H and O–H groups in total. The summed E-state index contributed by atoms with van der Waals surface area (Å²) >= 11 is 1.66. The van der Waals surface area contributed by atoms with Crippen molar-refractivity contribution in [3.63, 3.8) is 0 Å². The van der Waals surface area contributed by atoms with Crippen LogP contribution in [-0.4, -0.2) is 20.7 Å². The number of hydrogen-bond acceptors (Lipinski definition) is 4. The zero-order valence-electron chi connectivity index (χ0n) is 12.6. The van der Waals surface area contributed by atoms with Gasteiger partial charge in [-0.05, 0) is 46.5 Å². The van der Waals surface area contributed by atoms with Crippen molar-refractivity contribution >= 4 is 17.2 Å². The summed E-state index contributed by atoms with van der Waals surface area (Å²) in [6.07, 6.45) is 8.30. The molecule has 6 heteroatoms. The van der Waals surface area contributed by atoms with Crippen molar-refractivity contribution < 1.29 is 4.79 Å². The van der Waals surface area contributed by atoms with Crippen LogP contribution < -0.4 is 5.32 Å². The molecule has 0 saturated heterocycles. The normalized spacial score (nSPS) is 12.0. The highest BCUT2D eigenvalue weighted by Gasteiger charge is 2.16. The predicted molar refractivity (Wildman–Crippen MR) is 90.0 cm³/mol. The maximum absolute atomic E-state index is 12.3.